The maximum atomic E-state index is 6.03. The van der Waals surface area contributed by atoms with Crippen LogP contribution >= 0.6 is 0 Å². The number of hydrogen-bond donors (Lipinski definition) is 1. The summed E-state index contributed by atoms with van der Waals surface area (Å²) < 4.78 is 7.98. The highest BCUT2D eigenvalue weighted by Gasteiger charge is 2.35. The van der Waals surface area contributed by atoms with Crippen molar-refractivity contribution in [3.8, 4) is 0 Å². The van der Waals surface area contributed by atoms with Gasteiger partial charge in [0.05, 0.1) is 23.9 Å². The summed E-state index contributed by atoms with van der Waals surface area (Å²) >= 11 is 0. The van der Waals surface area contributed by atoms with Gasteiger partial charge in [0.25, 0.3) is 0 Å². The van der Waals surface area contributed by atoms with Crippen molar-refractivity contribution in [2.45, 2.75) is 58.4 Å². The van der Waals surface area contributed by atoms with Gasteiger partial charge in [0.1, 0.15) is 0 Å². The summed E-state index contributed by atoms with van der Waals surface area (Å²) in [5.41, 5.74) is 7.13. The van der Waals surface area contributed by atoms with Crippen LogP contribution in [0, 0.1) is 0 Å². The molecule has 1 aromatic rings. The summed E-state index contributed by atoms with van der Waals surface area (Å²) in [7, 11) is 0. The summed E-state index contributed by atoms with van der Waals surface area (Å²) in [6.07, 6.45) is 5.42. The lowest BCUT2D eigenvalue weighted by Crippen LogP contribution is -2.53. The molecule has 1 aliphatic rings. The van der Waals surface area contributed by atoms with Crippen molar-refractivity contribution in [3.05, 3.63) is 18.0 Å². The van der Waals surface area contributed by atoms with Gasteiger partial charge in [-0.1, -0.05) is 6.92 Å². The molecule has 20 heavy (non-hydrogen) atoms. The van der Waals surface area contributed by atoms with Crippen LogP contribution in [0.15, 0.2) is 12.4 Å². The van der Waals surface area contributed by atoms with Crippen LogP contribution in [0.4, 0.5) is 0 Å². The van der Waals surface area contributed by atoms with Gasteiger partial charge in [0, 0.05) is 37.9 Å². The van der Waals surface area contributed by atoms with Crippen LogP contribution in [0.5, 0.6) is 0 Å². The molecule has 0 bridgehead atoms. The van der Waals surface area contributed by atoms with Crippen LogP contribution in [-0.4, -0.2) is 46.0 Å². The number of rotatable bonds is 5. The minimum absolute atomic E-state index is 0.121. The Bertz CT molecular complexity index is 429. The highest BCUT2D eigenvalue weighted by Crippen LogP contribution is 2.28. The molecule has 1 fully saturated rings. The van der Waals surface area contributed by atoms with E-state index in [1.165, 1.54) is 5.56 Å². The minimum atomic E-state index is -0.121. The van der Waals surface area contributed by atoms with E-state index in [0.717, 1.165) is 26.1 Å². The van der Waals surface area contributed by atoms with E-state index in [9.17, 15) is 0 Å². The van der Waals surface area contributed by atoms with Gasteiger partial charge in [-0.2, -0.15) is 5.10 Å². The van der Waals surface area contributed by atoms with Crippen molar-refractivity contribution < 1.29 is 4.74 Å². The first-order valence-corrected chi connectivity index (χ1v) is 7.59. The molecule has 0 saturated carbocycles. The van der Waals surface area contributed by atoms with E-state index >= 15 is 0 Å². The van der Waals surface area contributed by atoms with E-state index in [1.54, 1.807) is 0 Å². The quantitative estimate of drug-likeness (QED) is 0.893. The molecule has 2 heterocycles. The first kappa shape index (κ1) is 15.5. The molecule has 1 saturated heterocycles. The third-order valence-corrected chi connectivity index (χ3v) is 3.75. The second-order valence-corrected chi connectivity index (χ2v) is 6.41. The molecule has 0 aromatic carbocycles. The van der Waals surface area contributed by atoms with Crippen LogP contribution in [-0.2, 0) is 11.3 Å². The van der Waals surface area contributed by atoms with Crippen molar-refractivity contribution in [1.29, 1.82) is 0 Å². The SMILES string of the molecule is CCCn1cc(C(CN)N2CC(C)OC(C)(C)C2)cn1. The summed E-state index contributed by atoms with van der Waals surface area (Å²) in [5, 5.41) is 4.43. The molecular formula is C15H28N4O. The second kappa shape index (κ2) is 6.24. The lowest BCUT2D eigenvalue weighted by atomic mass is 10.0. The van der Waals surface area contributed by atoms with E-state index in [-0.39, 0.29) is 17.7 Å². The Labute approximate surface area is 122 Å². The molecule has 5 heteroatoms. The highest BCUT2D eigenvalue weighted by molar-refractivity contribution is 5.12. The van der Waals surface area contributed by atoms with Gasteiger partial charge >= 0.3 is 0 Å². The zero-order valence-electron chi connectivity index (χ0n) is 13.2. The van der Waals surface area contributed by atoms with Gasteiger partial charge in [0.2, 0.25) is 0 Å². The molecule has 1 aromatic heterocycles. The third-order valence-electron chi connectivity index (χ3n) is 3.75. The summed E-state index contributed by atoms with van der Waals surface area (Å²) in [6, 6.07) is 0.228. The first-order chi connectivity index (χ1) is 9.45. The monoisotopic (exact) mass is 280 g/mol. The Morgan fingerprint density at radius 2 is 2.30 bits per heavy atom. The first-order valence-electron chi connectivity index (χ1n) is 7.59. The van der Waals surface area contributed by atoms with Crippen LogP contribution in [0.1, 0.15) is 45.7 Å². The van der Waals surface area contributed by atoms with E-state index < -0.39 is 0 Å². The molecule has 2 rings (SSSR count). The van der Waals surface area contributed by atoms with Crippen molar-refractivity contribution >= 4 is 0 Å². The fourth-order valence-electron chi connectivity index (χ4n) is 3.14. The Morgan fingerprint density at radius 1 is 1.55 bits per heavy atom. The van der Waals surface area contributed by atoms with Crippen LogP contribution in [0.2, 0.25) is 0 Å². The molecule has 2 atom stereocenters. The van der Waals surface area contributed by atoms with Crippen molar-refractivity contribution in [3.63, 3.8) is 0 Å². The largest absolute Gasteiger partial charge is 0.370 e. The molecule has 1 aliphatic heterocycles. The third kappa shape index (κ3) is 3.59. The fourth-order valence-corrected chi connectivity index (χ4v) is 3.14. The topological polar surface area (TPSA) is 56.3 Å². The van der Waals surface area contributed by atoms with Crippen molar-refractivity contribution in [2.24, 2.45) is 5.73 Å². The molecule has 0 amide bonds. The number of ether oxygens (including phenoxy) is 1. The number of nitrogens with zero attached hydrogens (tertiary/aromatic N) is 3. The van der Waals surface area contributed by atoms with Gasteiger partial charge < -0.3 is 10.5 Å². The van der Waals surface area contributed by atoms with E-state index in [4.69, 9.17) is 10.5 Å². The maximum Gasteiger partial charge on any atom is 0.0757 e. The van der Waals surface area contributed by atoms with Crippen LogP contribution in [0.3, 0.4) is 0 Å². The Hall–Kier alpha value is -0.910. The number of nitrogens with two attached hydrogens (primary N) is 1. The predicted molar refractivity (Wildman–Crippen MR) is 80.5 cm³/mol. The zero-order valence-corrected chi connectivity index (χ0v) is 13.2. The highest BCUT2D eigenvalue weighted by atomic mass is 16.5. The lowest BCUT2D eigenvalue weighted by Gasteiger charge is -2.44. The smallest absolute Gasteiger partial charge is 0.0757 e. The summed E-state index contributed by atoms with van der Waals surface area (Å²) in [6.45, 7) is 12.0. The molecule has 2 N–H and O–H groups in total. The van der Waals surface area contributed by atoms with Gasteiger partial charge in [-0.05, 0) is 27.2 Å². The Balaban J connectivity index is 2.14. The maximum absolute atomic E-state index is 6.03. The van der Waals surface area contributed by atoms with Crippen LogP contribution in [0.25, 0.3) is 0 Å². The average Bonchev–Trinajstić information content (AvgIpc) is 2.76. The molecule has 0 radical (unpaired) electrons. The van der Waals surface area contributed by atoms with E-state index in [2.05, 4.69) is 43.9 Å². The molecule has 2 unspecified atom stereocenters. The van der Waals surface area contributed by atoms with E-state index in [0.29, 0.717) is 6.54 Å². The minimum Gasteiger partial charge on any atom is -0.370 e. The fraction of sp³-hybridized carbons (Fsp3) is 0.800. The van der Waals surface area contributed by atoms with Gasteiger partial charge in [-0.15, -0.1) is 0 Å². The predicted octanol–water partition coefficient (Wildman–Crippen LogP) is 1.79. The van der Waals surface area contributed by atoms with E-state index in [1.807, 2.05) is 10.9 Å². The summed E-state index contributed by atoms with van der Waals surface area (Å²) in [4.78, 5) is 2.43. The zero-order chi connectivity index (χ0) is 14.8. The molecule has 0 spiro atoms. The molecule has 114 valence electrons. The lowest BCUT2D eigenvalue weighted by molar-refractivity contribution is -0.137. The summed E-state index contributed by atoms with van der Waals surface area (Å²) in [5.74, 6) is 0. The average molecular weight is 280 g/mol. The number of aromatic nitrogens is 2. The van der Waals surface area contributed by atoms with Crippen molar-refractivity contribution in [2.75, 3.05) is 19.6 Å². The van der Waals surface area contributed by atoms with Crippen LogP contribution < -0.4 is 5.73 Å². The molecule has 5 nitrogen and oxygen atoms in total. The normalized spacial score (nSPS) is 24.8. The van der Waals surface area contributed by atoms with Crippen molar-refractivity contribution in [1.82, 2.24) is 14.7 Å². The molecular weight excluding hydrogens is 252 g/mol. The second-order valence-electron chi connectivity index (χ2n) is 6.41. The number of hydrogen-bond acceptors (Lipinski definition) is 4. The van der Waals surface area contributed by atoms with Gasteiger partial charge in [-0.25, -0.2) is 0 Å². The number of morpholine rings is 1. The standard InChI is InChI=1S/C15H28N4O/c1-5-6-19-10-13(8-17-19)14(7-16)18-9-12(2)20-15(3,4)11-18/h8,10,12,14H,5-7,9,11,16H2,1-4H3. The van der Waals surface area contributed by atoms with Gasteiger partial charge in [-0.3, -0.25) is 9.58 Å². The Kier molecular flexibility index (Phi) is 4.83. The molecule has 0 aliphatic carbocycles. The number of aryl methyl sites for hydroxylation is 1. The van der Waals surface area contributed by atoms with Gasteiger partial charge in [0.15, 0.2) is 0 Å². The Morgan fingerprint density at radius 3 is 2.90 bits per heavy atom.